The van der Waals surface area contributed by atoms with Crippen LogP contribution >= 0.6 is 11.8 Å². The van der Waals surface area contributed by atoms with E-state index in [2.05, 4.69) is 43.4 Å². The van der Waals surface area contributed by atoms with Gasteiger partial charge < -0.3 is 5.32 Å². The van der Waals surface area contributed by atoms with Crippen molar-refractivity contribution in [2.75, 3.05) is 6.54 Å². The fourth-order valence-corrected chi connectivity index (χ4v) is 3.34. The Balaban J connectivity index is 2.18. The molecule has 2 unspecified atom stereocenters. The Kier molecular flexibility index (Phi) is 3.71. The molecule has 1 N–H and O–H groups in total. The molecule has 1 aliphatic rings. The molecule has 82 valence electrons. The molecule has 0 spiro atoms. The summed E-state index contributed by atoms with van der Waals surface area (Å²) >= 11 is 2.01. The van der Waals surface area contributed by atoms with Crippen molar-refractivity contribution in [3.8, 4) is 0 Å². The predicted molar refractivity (Wildman–Crippen MR) is 67.4 cm³/mol. The third kappa shape index (κ3) is 2.56. The van der Waals surface area contributed by atoms with Crippen molar-refractivity contribution in [2.45, 2.75) is 42.9 Å². The van der Waals surface area contributed by atoms with Gasteiger partial charge in [-0.15, -0.1) is 11.8 Å². The summed E-state index contributed by atoms with van der Waals surface area (Å²) in [6.45, 7) is 5.66. The van der Waals surface area contributed by atoms with Crippen LogP contribution in [-0.2, 0) is 0 Å². The van der Waals surface area contributed by atoms with E-state index in [-0.39, 0.29) is 0 Å². The average Bonchev–Trinajstić information content (AvgIpc) is 2.25. The number of rotatable bonds is 3. The van der Waals surface area contributed by atoms with Crippen LogP contribution in [0, 0.1) is 0 Å². The standard InChI is InChI=1S/C13H19NS/c1-3-8-14-12-9-10(2)15-13-7-5-4-6-11(12)13/h4-7,10,12,14H,3,8-9H2,1-2H3. The van der Waals surface area contributed by atoms with Gasteiger partial charge in [-0.1, -0.05) is 32.0 Å². The van der Waals surface area contributed by atoms with Gasteiger partial charge in [0.25, 0.3) is 0 Å². The van der Waals surface area contributed by atoms with Crippen molar-refractivity contribution in [1.82, 2.24) is 5.32 Å². The van der Waals surface area contributed by atoms with Crippen LogP contribution in [0.2, 0.25) is 0 Å². The van der Waals surface area contributed by atoms with E-state index < -0.39 is 0 Å². The Labute approximate surface area is 96.7 Å². The van der Waals surface area contributed by atoms with Gasteiger partial charge in [0.1, 0.15) is 0 Å². The summed E-state index contributed by atoms with van der Waals surface area (Å²) in [7, 11) is 0. The maximum absolute atomic E-state index is 3.64. The lowest BCUT2D eigenvalue weighted by Crippen LogP contribution is -2.27. The summed E-state index contributed by atoms with van der Waals surface area (Å²) in [6, 6.07) is 9.37. The van der Waals surface area contributed by atoms with Gasteiger partial charge in [-0.3, -0.25) is 0 Å². The Morgan fingerprint density at radius 2 is 2.20 bits per heavy atom. The van der Waals surface area contributed by atoms with Gasteiger partial charge in [0.05, 0.1) is 0 Å². The molecular weight excluding hydrogens is 202 g/mol. The summed E-state index contributed by atoms with van der Waals surface area (Å²) in [6.07, 6.45) is 2.46. The molecule has 0 aromatic heterocycles. The molecule has 0 aliphatic carbocycles. The van der Waals surface area contributed by atoms with E-state index in [4.69, 9.17) is 0 Å². The summed E-state index contributed by atoms with van der Waals surface area (Å²) in [5, 5.41) is 4.38. The van der Waals surface area contributed by atoms with Gasteiger partial charge >= 0.3 is 0 Å². The molecule has 2 rings (SSSR count). The fourth-order valence-electron chi connectivity index (χ4n) is 2.11. The lowest BCUT2D eigenvalue weighted by molar-refractivity contribution is 0.486. The number of thioether (sulfide) groups is 1. The number of nitrogens with one attached hydrogen (secondary N) is 1. The van der Waals surface area contributed by atoms with Crippen LogP contribution in [-0.4, -0.2) is 11.8 Å². The van der Waals surface area contributed by atoms with Crippen molar-refractivity contribution < 1.29 is 0 Å². The lowest BCUT2D eigenvalue weighted by Gasteiger charge is -2.29. The van der Waals surface area contributed by atoms with Gasteiger partial charge in [-0.2, -0.15) is 0 Å². The minimum absolute atomic E-state index is 0.567. The zero-order chi connectivity index (χ0) is 10.7. The lowest BCUT2D eigenvalue weighted by atomic mass is 10.0. The Hall–Kier alpha value is -0.470. The molecule has 2 atom stereocenters. The topological polar surface area (TPSA) is 12.0 Å². The summed E-state index contributed by atoms with van der Waals surface area (Å²) in [4.78, 5) is 1.46. The number of hydrogen-bond acceptors (Lipinski definition) is 2. The van der Waals surface area contributed by atoms with E-state index in [1.54, 1.807) is 0 Å². The van der Waals surface area contributed by atoms with Gasteiger partial charge in [-0.05, 0) is 31.0 Å². The maximum Gasteiger partial charge on any atom is 0.0341 e. The smallest absolute Gasteiger partial charge is 0.0341 e. The zero-order valence-corrected chi connectivity index (χ0v) is 10.3. The molecule has 1 aromatic carbocycles. The predicted octanol–water partition coefficient (Wildman–Crippen LogP) is 3.61. The van der Waals surface area contributed by atoms with Crippen molar-refractivity contribution in [1.29, 1.82) is 0 Å². The highest BCUT2D eigenvalue weighted by Crippen LogP contribution is 2.40. The molecule has 0 fully saturated rings. The van der Waals surface area contributed by atoms with Crippen molar-refractivity contribution >= 4 is 11.8 Å². The van der Waals surface area contributed by atoms with E-state index in [1.807, 2.05) is 11.8 Å². The van der Waals surface area contributed by atoms with Crippen molar-refractivity contribution in [2.24, 2.45) is 0 Å². The van der Waals surface area contributed by atoms with E-state index in [0.29, 0.717) is 6.04 Å². The molecule has 1 aromatic rings. The van der Waals surface area contributed by atoms with Crippen LogP contribution < -0.4 is 5.32 Å². The fraction of sp³-hybridized carbons (Fsp3) is 0.538. The van der Waals surface area contributed by atoms with E-state index >= 15 is 0 Å². The van der Waals surface area contributed by atoms with Gasteiger partial charge in [0.2, 0.25) is 0 Å². The Morgan fingerprint density at radius 3 is 3.00 bits per heavy atom. The normalized spacial score (nSPS) is 24.9. The molecule has 1 aliphatic heterocycles. The monoisotopic (exact) mass is 221 g/mol. The van der Waals surface area contributed by atoms with E-state index in [9.17, 15) is 0 Å². The minimum atomic E-state index is 0.567. The first-order valence-corrected chi connectivity index (χ1v) is 6.68. The first-order chi connectivity index (χ1) is 7.31. The second kappa shape index (κ2) is 5.04. The van der Waals surface area contributed by atoms with E-state index in [1.165, 1.54) is 23.3 Å². The first-order valence-electron chi connectivity index (χ1n) is 5.80. The SMILES string of the molecule is CCCNC1CC(C)Sc2ccccc21. The van der Waals surface area contributed by atoms with Gasteiger partial charge in [0.15, 0.2) is 0 Å². The molecule has 2 heteroatoms. The Morgan fingerprint density at radius 1 is 1.40 bits per heavy atom. The molecule has 1 heterocycles. The Bertz CT molecular complexity index is 324. The van der Waals surface area contributed by atoms with Crippen molar-refractivity contribution in [3.63, 3.8) is 0 Å². The second-order valence-electron chi connectivity index (χ2n) is 4.21. The highest BCUT2D eigenvalue weighted by atomic mass is 32.2. The minimum Gasteiger partial charge on any atom is -0.310 e. The second-order valence-corrected chi connectivity index (χ2v) is 5.69. The van der Waals surface area contributed by atoms with Crippen molar-refractivity contribution in [3.05, 3.63) is 29.8 Å². The summed E-state index contributed by atoms with van der Waals surface area (Å²) < 4.78 is 0. The zero-order valence-electron chi connectivity index (χ0n) is 9.49. The number of fused-ring (bicyclic) bond motifs is 1. The molecule has 0 radical (unpaired) electrons. The highest BCUT2D eigenvalue weighted by Gasteiger charge is 2.23. The van der Waals surface area contributed by atoms with Crippen LogP contribution in [0.15, 0.2) is 29.2 Å². The quantitative estimate of drug-likeness (QED) is 0.837. The van der Waals surface area contributed by atoms with Crippen LogP contribution in [0.4, 0.5) is 0 Å². The van der Waals surface area contributed by atoms with Crippen LogP contribution in [0.5, 0.6) is 0 Å². The van der Waals surface area contributed by atoms with E-state index in [0.717, 1.165) is 11.8 Å². The maximum atomic E-state index is 3.64. The molecule has 0 saturated carbocycles. The molecule has 0 amide bonds. The van der Waals surface area contributed by atoms with Crippen LogP contribution in [0.25, 0.3) is 0 Å². The van der Waals surface area contributed by atoms with Gasteiger partial charge in [-0.25, -0.2) is 0 Å². The summed E-state index contributed by atoms with van der Waals surface area (Å²) in [5.41, 5.74) is 1.49. The third-order valence-corrected chi connectivity index (χ3v) is 4.05. The molecule has 15 heavy (non-hydrogen) atoms. The van der Waals surface area contributed by atoms with Crippen LogP contribution in [0.3, 0.4) is 0 Å². The summed E-state index contributed by atoms with van der Waals surface area (Å²) in [5.74, 6) is 0. The highest BCUT2D eigenvalue weighted by molar-refractivity contribution is 8.00. The number of hydrogen-bond donors (Lipinski definition) is 1. The van der Waals surface area contributed by atoms with Crippen LogP contribution in [0.1, 0.15) is 38.3 Å². The van der Waals surface area contributed by atoms with Gasteiger partial charge in [0, 0.05) is 16.2 Å². The largest absolute Gasteiger partial charge is 0.310 e. The molecule has 0 saturated heterocycles. The average molecular weight is 221 g/mol. The molecule has 1 nitrogen and oxygen atoms in total. The third-order valence-electron chi connectivity index (χ3n) is 2.83. The molecular formula is C13H19NS. The number of benzene rings is 1. The molecule has 0 bridgehead atoms. The first kappa shape index (κ1) is 11.0.